The van der Waals surface area contributed by atoms with E-state index in [-0.39, 0.29) is 59.8 Å². The quantitative estimate of drug-likeness (QED) is 0.208. The highest BCUT2D eigenvalue weighted by Gasteiger charge is 2.65. The molecule has 0 spiro atoms. The predicted octanol–water partition coefficient (Wildman–Crippen LogP) is 1.23. The Labute approximate surface area is 273 Å². The Bertz CT molecular complexity index is 1160. The predicted molar refractivity (Wildman–Crippen MR) is 169 cm³/mol. The third-order valence-electron chi connectivity index (χ3n) is 13.5. The number of hydrogen-bond donors (Lipinski definition) is 5. The lowest BCUT2D eigenvalue weighted by Gasteiger charge is -2.53. The van der Waals surface area contributed by atoms with Crippen molar-refractivity contribution in [2.75, 3.05) is 6.54 Å². The monoisotopic (exact) mass is 647 g/mol. The summed E-state index contributed by atoms with van der Waals surface area (Å²) in [5.41, 5.74) is 11.4. The Morgan fingerprint density at radius 3 is 2.57 bits per heavy atom. The smallest absolute Gasteiger partial charge is 0.341 e. The van der Waals surface area contributed by atoms with E-state index >= 15 is 0 Å². The van der Waals surface area contributed by atoms with Gasteiger partial charge in [0.2, 0.25) is 0 Å². The van der Waals surface area contributed by atoms with E-state index in [9.17, 15) is 14.7 Å². The minimum Gasteiger partial charge on any atom is -0.457 e. The molecule has 0 radical (unpaired) electrons. The first-order valence-corrected chi connectivity index (χ1v) is 18.3. The van der Waals surface area contributed by atoms with E-state index in [1.807, 2.05) is 27.7 Å². The first-order chi connectivity index (χ1) is 21.8. The maximum absolute atomic E-state index is 13.9. The second kappa shape index (κ2) is 12.3. The van der Waals surface area contributed by atoms with Crippen molar-refractivity contribution >= 4 is 11.8 Å². The molecule has 0 bridgehead atoms. The van der Waals surface area contributed by atoms with Crippen LogP contribution in [0.5, 0.6) is 0 Å². The lowest BCUT2D eigenvalue weighted by atomic mass is 9.63. The number of epoxide rings is 1. The molecule has 0 amide bonds. The van der Waals surface area contributed by atoms with Gasteiger partial charge in [-0.2, -0.15) is 0 Å². The molecule has 7 aliphatic rings. The molecule has 7 fully saturated rings. The van der Waals surface area contributed by atoms with Gasteiger partial charge in [0, 0.05) is 37.5 Å². The third kappa shape index (κ3) is 6.10. The second-order valence-electron chi connectivity index (χ2n) is 17.0. The van der Waals surface area contributed by atoms with Gasteiger partial charge in [0.25, 0.3) is 0 Å². The van der Waals surface area contributed by atoms with Crippen LogP contribution in [0.1, 0.15) is 105 Å². The van der Waals surface area contributed by atoms with Crippen LogP contribution >= 0.6 is 0 Å². The number of fused-ring (bicyclic) bond motifs is 2. The third-order valence-corrected chi connectivity index (χ3v) is 13.5. The first-order valence-electron chi connectivity index (χ1n) is 18.3. The molecule has 0 aromatic heterocycles. The number of aliphatic hydroxyl groups is 1. The van der Waals surface area contributed by atoms with Crippen molar-refractivity contribution in [2.24, 2.45) is 40.6 Å². The van der Waals surface area contributed by atoms with E-state index in [0.717, 1.165) is 51.5 Å². The lowest BCUT2D eigenvalue weighted by molar-refractivity contribution is -0.739. The van der Waals surface area contributed by atoms with Gasteiger partial charge in [-0.3, -0.25) is 10.5 Å². The highest BCUT2D eigenvalue weighted by Crippen LogP contribution is 2.57. The molecular formula is C35H59N4O7+. The number of carbonyl (C=O) groups excluding carboxylic acids is 2. The molecule has 260 valence electrons. The Balaban J connectivity index is 1.01. The van der Waals surface area contributed by atoms with E-state index in [4.69, 9.17) is 30.4 Å². The normalized spacial score (nSPS) is 49.9. The van der Waals surface area contributed by atoms with Gasteiger partial charge >= 0.3 is 5.97 Å². The fraction of sp³-hybridized carbons (Fsp3) is 0.943. The average Bonchev–Trinajstić information content (AvgIpc) is 3.39. The SMILES string of the molecule is CC1CC(=O)C2C(CC3OC(C)(C)[C@H](OC(=O)[C@]4(C)O[C@@H]4CC4(C5CC(N)[NH2+]C(C6CCNC(N)C6)C5)CCCC4)CC3C2O)O1. The summed E-state index contributed by atoms with van der Waals surface area (Å²) in [7, 11) is 0. The second-order valence-corrected chi connectivity index (χ2v) is 17.0. The van der Waals surface area contributed by atoms with Crippen molar-refractivity contribution in [1.82, 2.24) is 5.32 Å². The number of ketones is 1. The maximum Gasteiger partial charge on any atom is 0.341 e. The molecule has 5 saturated heterocycles. The molecule has 5 aliphatic heterocycles. The number of rotatable bonds is 6. The summed E-state index contributed by atoms with van der Waals surface area (Å²) in [5.74, 6) is -0.0697. The molecule has 0 aromatic carbocycles. The molecule has 7 rings (SSSR count). The summed E-state index contributed by atoms with van der Waals surface area (Å²) in [5, 5.41) is 17.2. The number of nitrogens with one attached hydrogen (secondary N) is 1. The Hall–Kier alpha value is -1.18. The fourth-order valence-electron chi connectivity index (χ4n) is 10.8. The van der Waals surface area contributed by atoms with Gasteiger partial charge < -0.3 is 40.4 Å². The van der Waals surface area contributed by atoms with Crippen LogP contribution in [0.2, 0.25) is 0 Å². The van der Waals surface area contributed by atoms with Crippen molar-refractivity contribution < 1.29 is 39.0 Å². The van der Waals surface area contributed by atoms with Crippen molar-refractivity contribution in [3.63, 3.8) is 0 Å². The summed E-state index contributed by atoms with van der Waals surface area (Å²) in [6.45, 7) is 8.65. The van der Waals surface area contributed by atoms with Crippen molar-refractivity contribution in [1.29, 1.82) is 0 Å². The summed E-state index contributed by atoms with van der Waals surface area (Å²) < 4.78 is 25.1. The maximum atomic E-state index is 13.9. The fourth-order valence-corrected chi connectivity index (χ4v) is 10.8. The van der Waals surface area contributed by atoms with Crippen molar-refractivity contribution in [2.45, 2.75) is 171 Å². The molecule has 2 saturated carbocycles. The number of hydrogen-bond acceptors (Lipinski definition) is 10. The molecule has 5 heterocycles. The van der Waals surface area contributed by atoms with Crippen LogP contribution in [-0.2, 0) is 28.5 Å². The molecular weight excluding hydrogens is 588 g/mol. The number of esters is 1. The van der Waals surface area contributed by atoms with Gasteiger partial charge in [-0.15, -0.1) is 0 Å². The highest BCUT2D eigenvalue weighted by atomic mass is 16.7. The van der Waals surface area contributed by atoms with Crippen LogP contribution in [0, 0.1) is 29.1 Å². The molecule has 14 atom stereocenters. The van der Waals surface area contributed by atoms with Crippen LogP contribution < -0.4 is 22.1 Å². The molecule has 11 nitrogen and oxygen atoms in total. The van der Waals surface area contributed by atoms with Crippen molar-refractivity contribution in [3.8, 4) is 0 Å². The topological polar surface area (TPSA) is 175 Å². The number of Topliss-reactive ketones (excluding diaryl/α,β-unsaturated/α-hetero) is 1. The van der Waals surface area contributed by atoms with E-state index in [2.05, 4.69) is 10.6 Å². The van der Waals surface area contributed by atoms with Gasteiger partial charge in [0.05, 0.1) is 54.2 Å². The van der Waals surface area contributed by atoms with Crippen LogP contribution in [0.4, 0.5) is 0 Å². The van der Waals surface area contributed by atoms with Gasteiger partial charge in [0.15, 0.2) is 5.60 Å². The highest BCUT2D eigenvalue weighted by molar-refractivity contribution is 5.84. The minimum absolute atomic E-state index is 0.0538. The number of nitrogens with two attached hydrogens (primary N) is 3. The molecule has 2 aliphatic carbocycles. The zero-order valence-electron chi connectivity index (χ0n) is 28.3. The van der Waals surface area contributed by atoms with Crippen LogP contribution in [0.3, 0.4) is 0 Å². The summed E-state index contributed by atoms with van der Waals surface area (Å²) in [6.07, 6.45) is 8.94. The standard InChI is InChI=1S/C35H58N4O7/c1-18-11-23(40)30-25(43-18)16-24-21(31(30)41)15-26(33(2,3)45-24)44-32(42)34(4)27(46-34)17-35(8-5-6-9-35)20-13-22(39-29(37)14-20)19-7-10-38-28(36)12-19/h18-22,24-31,38-39,41H,5-17,36-37H2,1-4H3/p+1/t18?,19?,20?,21?,22?,24?,25?,26-,27-,28?,29?,30?,31?,34-/m1/s1. The number of carbonyl (C=O) groups is 2. The van der Waals surface area contributed by atoms with Gasteiger partial charge in [0.1, 0.15) is 18.1 Å². The minimum atomic E-state index is -0.994. The number of piperidine rings is 2. The van der Waals surface area contributed by atoms with E-state index in [1.54, 1.807) is 0 Å². The first kappa shape index (κ1) is 33.3. The summed E-state index contributed by atoms with van der Waals surface area (Å²) in [4.78, 5) is 26.8. The number of ether oxygens (including phenoxy) is 4. The Morgan fingerprint density at radius 2 is 1.83 bits per heavy atom. The largest absolute Gasteiger partial charge is 0.457 e. The van der Waals surface area contributed by atoms with E-state index in [0.29, 0.717) is 37.1 Å². The van der Waals surface area contributed by atoms with Crippen LogP contribution in [-0.4, -0.2) is 89.6 Å². The number of aliphatic hydroxyl groups excluding tert-OH is 1. The van der Waals surface area contributed by atoms with Crippen molar-refractivity contribution in [3.05, 3.63) is 0 Å². The molecule has 46 heavy (non-hydrogen) atoms. The molecule has 8 N–H and O–H groups in total. The van der Waals surface area contributed by atoms with E-state index in [1.165, 1.54) is 12.8 Å². The summed E-state index contributed by atoms with van der Waals surface area (Å²) in [6, 6.07) is 0.484. The molecule has 11 unspecified atom stereocenters. The zero-order chi connectivity index (χ0) is 32.6. The Kier molecular flexibility index (Phi) is 8.91. The average molecular weight is 648 g/mol. The zero-order valence-corrected chi connectivity index (χ0v) is 28.3. The molecule has 0 aromatic rings. The van der Waals surface area contributed by atoms with Crippen LogP contribution in [0.15, 0.2) is 0 Å². The van der Waals surface area contributed by atoms with Gasteiger partial charge in [-0.1, -0.05) is 12.8 Å². The Morgan fingerprint density at radius 1 is 1.07 bits per heavy atom. The van der Waals surface area contributed by atoms with Crippen LogP contribution in [0.25, 0.3) is 0 Å². The lowest BCUT2D eigenvalue weighted by Crippen LogP contribution is -3.00. The van der Waals surface area contributed by atoms with Gasteiger partial charge in [-0.05, 0) is 84.1 Å². The number of quaternary nitrogens is 1. The molecule has 11 heteroatoms. The van der Waals surface area contributed by atoms with Gasteiger partial charge in [-0.25, -0.2) is 4.79 Å². The van der Waals surface area contributed by atoms with E-state index < -0.39 is 29.3 Å². The summed E-state index contributed by atoms with van der Waals surface area (Å²) >= 11 is 0.